The van der Waals surface area contributed by atoms with Gasteiger partial charge in [-0.15, -0.1) is 0 Å². The summed E-state index contributed by atoms with van der Waals surface area (Å²) in [6, 6.07) is 12.9. The Morgan fingerprint density at radius 1 is 0.966 bits per heavy atom. The van der Waals surface area contributed by atoms with Crippen molar-refractivity contribution in [1.82, 2.24) is 9.21 Å². The number of nitrogens with one attached hydrogen (secondary N) is 1. The van der Waals surface area contributed by atoms with E-state index in [-0.39, 0.29) is 24.0 Å². The highest BCUT2D eigenvalue weighted by atomic mass is 32.2. The van der Waals surface area contributed by atoms with Gasteiger partial charge in [0.15, 0.2) is 6.61 Å². The summed E-state index contributed by atoms with van der Waals surface area (Å²) in [5.41, 5.74) is 1.44. The summed E-state index contributed by atoms with van der Waals surface area (Å²) in [4.78, 5) is 25.3. The molecule has 156 valence electrons. The molecular weight excluding hydrogens is 394 g/mol. The van der Waals surface area contributed by atoms with Crippen molar-refractivity contribution in [3.63, 3.8) is 0 Å². The van der Waals surface area contributed by atoms with Crippen molar-refractivity contribution < 1.29 is 22.7 Å². The average Bonchev–Trinajstić information content (AvgIpc) is 2.67. The minimum atomic E-state index is -3.76. The molecular formula is C20H25N3O5S. The molecule has 0 atom stereocenters. The Hall–Kier alpha value is -2.91. The summed E-state index contributed by atoms with van der Waals surface area (Å²) in [5, 5.41) is 2.64. The fourth-order valence-corrected chi connectivity index (χ4v) is 3.41. The van der Waals surface area contributed by atoms with E-state index in [4.69, 9.17) is 4.74 Å². The van der Waals surface area contributed by atoms with Gasteiger partial charge >= 0.3 is 0 Å². The predicted octanol–water partition coefficient (Wildman–Crippen LogP) is 1.72. The summed E-state index contributed by atoms with van der Waals surface area (Å²) in [6.45, 7) is 1.45. The molecule has 0 unspecified atom stereocenters. The topological polar surface area (TPSA) is 96.0 Å². The molecule has 0 bridgehead atoms. The molecule has 2 amide bonds. The number of ether oxygens (including phenoxy) is 1. The number of aryl methyl sites for hydroxylation is 1. The summed E-state index contributed by atoms with van der Waals surface area (Å²) < 4.78 is 31.5. The van der Waals surface area contributed by atoms with Gasteiger partial charge in [-0.3, -0.25) is 9.59 Å². The number of rotatable bonds is 8. The zero-order valence-corrected chi connectivity index (χ0v) is 17.7. The van der Waals surface area contributed by atoms with Gasteiger partial charge in [0.05, 0.1) is 11.4 Å². The number of likely N-dealkylation sites (N-methyl/N-ethyl adjacent to an activating group) is 2. The maximum Gasteiger partial charge on any atom is 0.259 e. The van der Waals surface area contributed by atoms with Crippen LogP contribution in [0, 0.1) is 6.92 Å². The first-order valence-electron chi connectivity index (χ1n) is 8.85. The van der Waals surface area contributed by atoms with Crippen molar-refractivity contribution in [2.24, 2.45) is 0 Å². The van der Waals surface area contributed by atoms with Crippen molar-refractivity contribution in [3.8, 4) is 5.75 Å². The summed E-state index contributed by atoms with van der Waals surface area (Å²) in [6.07, 6.45) is 0. The highest BCUT2D eigenvalue weighted by Crippen LogP contribution is 2.17. The lowest BCUT2D eigenvalue weighted by atomic mass is 10.2. The first-order valence-corrected chi connectivity index (χ1v) is 10.3. The minimum Gasteiger partial charge on any atom is -0.484 e. The number of hydrogen-bond donors (Lipinski definition) is 1. The number of anilines is 1. The van der Waals surface area contributed by atoms with E-state index in [1.807, 2.05) is 6.92 Å². The SMILES string of the molecule is Cc1ccc(S(=O)(=O)N(C)CC(=O)Nc2ccc(OCC(=O)N(C)C)cc2)cc1. The van der Waals surface area contributed by atoms with Gasteiger partial charge < -0.3 is 15.0 Å². The second kappa shape index (κ2) is 9.53. The number of sulfonamides is 1. The van der Waals surface area contributed by atoms with Crippen LogP contribution in [0.4, 0.5) is 5.69 Å². The molecule has 0 aliphatic heterocycles. The monoisotopic (exact) mass is 419 g/mol. The van der Waals surface area contributed by atoms with Gasteiger partial charge in [-0.05, 0) is 43.3 Å². The Kier molecular flexibility index (Phi) is 7.35. The molecule has 0 saturated heterocycles. The van der Waals surface area contributed by atoms with E-state index in [1.165, 1.54) is 24.1 Å². The zero-order valence-electron chi connectivity index (χ0n) is 16.9. The zero-order chi connectivity index (χ0) is 21.6. The highest BCUT2D eigenvalue weighted by molar-refractivity contribution is 7.89. The minimum absolute atomic E-state index is 0.0830. The van der Waals surface area contributed by atoms with Gasteiger partial charge in [-0.2, -0.15) is 4.31 Å². The van der Waals surface area contributed by atoms with E-state index in [0.717, 1.165) is 9.87 Å². The smallest absolute Gasteiger partial charge is 0.259 e. The Labute approximate surface area is 171 Å². The Bertz CT molecular complexity index is 955. The van der Waals surface area contributed by atoms with Crippen LogP contribution >= 0.6 is 0 Å². The van der Waals surface area contributed by atoms with Gasteiger partial charge in [0, 0.05) is 26.8 Å². The molecule has 8 nitrogen and oxygen atoms in total. The molecule has 0 heterocycles. The van der Waals surface area contributed by atoms with Crippen LogP contribution in [-0.2, 0) is 19.6 Å². The second-order valence-electron chi connectivity index (χ2n) is 6.72. The molecule has 0 fully saturated rings. The first-order chi connectivity index (χ1) is 13.6. The van der Waals surface area contributed by atoms with E-state index in [1.54, 1.807) is 50.5 Å². The van der Waals surface area contributed by atoms with E-state index < -0.39 is 15.9 Å². The molecule has 0 radical (unpaired) electrons. The molecule has 2 aromatic carbocycles. The van der Waals surface area contributed by atoms with Crippen molar-refractivity contribution >= 4 is 27.5 Å². The third-order valence-electron chi connectivity index (χ3n) is 4.09. The molecule has 9 heteroatoms. The molecule has 1 N–H and O–H groups in total. The number of carbonyl (C=O) groups excluding carboxylic acids is 2. The fourth-order valence-electron chi connectivity index (χ4n) is 2.29. The number of amides is 2. The predicted molar refractivity (Wildman–Crippen MR) is 110 cm³/mol. The van der Waals surface area contributed by atoms with Gasteiger partial charge in [0.1, 0.15) is 5.75 Å². The van der Waals surface area contributed by atoms with Gasteiger partial charge in [0.2, 0.25) is 15.9 Å². The van der Waals surface area contributed by atoms with Crippen LogP contribution in [0.25, 0.3) is 0 Å². The van der Waals surface area contributed by atoms with E-state index in [9.17, 15) is 18.0 Å². The maximum absolute atomic E-state index is 12.5. The molecule has 0 saturated carbocycles. The van der Waals surface area contributed by atoms with Crippen LogP contribution < -0.4 is 10.1 Å². The molecule has 2 rings (SSSR count). The normalized spacial score (nSPS) is 11.2. The number of hydrogen-bond acceptors (Lipinski definition) is 5. The van der Waals surface area contributed by atoms with Crippen molar-refractivity contribution in [1.29, 1.82) is 0 Å². The Morgan fingerprint density at radius 3 is 2.10 bits per heavy atom. The van der Waals surface area contributed by atoms with Crippen molar-refractivity contribution in [2.45, 2.75) is 11.8 Å². The Balaban J connectivity index is 1.93. The number of carbonyl (C=O) groups is 2. The van der Waals surface area contributed by atoms with Crippen LogP contribution in [0.2, 0.25) is 0 Å². The van der Waals surface area contributed by atoms with Crippen LogP contribution in [-0.4, -0.2) is 63.7 Å². The van der Waals surface area contributed by atoms with Crippen molar-refractivity contribution in [2.75, 3.05) is 39.6 Å². The number of nitrogens with zero attached hydrogens (tertiary/aromatic N) is 2. The van der Waals surface area contributed by atoms with E-state index in [2.05, 4.69) is 5.32 Å². The van der Waals surface area contributed by atoms with Crippen LogP contribution in [0.15, 0.2) is 53.4 Å². The molecule has 2 aromatic rings. The number of benzene rings is 2. The van der Waals surface area contributed by atoms with Gasteiger partial charge in [-0.25, -0.2) is 8.42 Å². The molecule has 0 aliphatic carbocycles. The maximum atomic E-state index is 12.5. The second-order valence-corrected chi connectivity index (χ2v) is 8.77. The summed E-state index contributed by atoms with van der Waals surface area (Å²) in [7, 11) is 0.877. The first kappa shape index (κ1) is 22.4. The lowest BCUT2D eigenvalue weighted by Gasteiger charge is -2.17. The van der Waals surface area contributed by atoms with E-state index in [0.29, 0.717) is 11.4 Å². The lowest BCUT2D eigenvalue weighted by molar-refractivity contribution is -0.130. The van der Waals surface area contributed by atoms with Gasteiger partial charge in [0.25, 0.3) is 5.91 Å². The molecule has 0 spiro atoms. The molecule has 0 aromatic heterocycles. The van der Waals surface area contributed by atoms with Crippen molar-refractivity contribution in [3.05, 3.63) is 54.1 Å². The lowest BCUT2D eigenvalue weighted by Crippen LogP contribution is -2.34. The van der Waals surface area contributed by atoms with Crippen LogP contribution in [0.1, 0.15) is 5.56 Å². The summed E-state index contributed by atoms with van der Waals surface area (Å²) >= 11 is 0. The van der Waals surface area contributed by atoms with Crippen LogP contribution in [0.3, 0.4) is 0 Å². The third-order valence-corrected chi connectivity index (χ3v) is 5.91. The Morgan fingerprint density at radius 2 is 1.55 bits per heavy atom. The van der Waals surface area contributed by atoms with E-state index >= 15 is 0 Å². The largest absolute Gasteiger partial charge is 0.484 e. The molecule has 29 heavy (non-hydrogen) atoms. The van der Waals surface area contributed by atoms with Crippen LogP contribution in [0.5, 0.6) is 5.75 Å². The standard InChI is InChI=1S/C20H25N3O5S/c1-15-5-11-18(12-6-15)29(26,27)23(4)13-19(24)21-16-7-9-17(10-8-16)28-14-20(25)22(2)3/h5-12H,13-14H2,1-4H3,(H,21,24). The third kappa shape index (κ3) is 6.30. The molecule has 0 aliphatic rings. The average molecular weight is 420 g/mol. The fraction of sp³-hybridized carbons (Fsp3) is 0.300. The highest BCUT2D eigenvalue weighted by Gasteiger charge is 2.22. The summed E-state index contributed by atoms with van der Waals surface area (Å²) in [5.74, 6) is -0.155. The quantitative estimate of drug-likeness (QED) is 0.703. The van der Waals surface area contributed by atoms with Gasteiger partial charge in [-0.1, -0.05) is 17.7 Å².